The van der Waals surface area contributed by atoms with Crippen molar-refractivity contribution in [1.82, 2.24) is 5.32 Å². The van der Waals surface area contributed by atoms with Gasteiger partial charge in [-0.2, -0.15) is 0 Å². The molecule has 2 aromatic rings. The Labute approximate surface area is 147 Å². The number of ether oxygens (including phenoxy) is 1. The zero-order valence-corrected chi connectivity index (χ0v) is 14.7. The summed E-state index contributed by atoms with van der Waals surface area (Å²) in [6.07, 6.45) is -1.09. The number of rotatable bonds is 6. The molecule has 1 unspecified atom stereocenters. The van der Waals surface area contributed by atoms with Crippen molar-refractivity contribution in [2.24, 2.45) is 5.14 Å². The van der Waals surface area contributed by atoms with Crippen LogP contribution in [-0.4, -0.2) is 26.4 Å². The lowest BCUT2D eigenvalue weighted by Crippen LogP contribution is -2.35. The lowest BCUT2D eigenvalue weighted by atomic mass is 10.2. The molecule has 0 radical (unpaired) electrons. The lowest BCUT2D eigenvalue weighted by Gasteiger charge is -2.13. The molecule has 134 valence electrons. The first-order valence-corrected chi connectivity index (χ1v) is 9.44. The molecule has 3 N–H and O–H groups in total. The fraction of sp³-hybridized carbons (Fsp3) is 0.200. The lowest BCUT2D eigenvalue weighted by molar-refractivity contribution is -0.129. The number of carbonyl (C=O) groups is 2. The average molecular weight is 386 g/mol. The minimum absolute atomic E-state index is 0.00721. The molecule has 0 fully saturated rings. The van der Waals surface area contributed by atoms with Gasteiger partial charge in [0.05, 0.1) is 5.56 Å². The van der Waals surface area contributed by atoms with Crippen LogP contribution >= 0.6 is 11.3 Å². The second kappa shape index (κ2) is 7.72. The molecule has 0 saturated heterocycles. The van der Waals surface area contributed by atoms with Crippen molar-refractivity contribution in [3.05, 3.63) is 52.7 Å². The summed E-state index contributed by atoms with van der Waals surface area (Å²) in [6, 6.07) is 6.67. The number of sulfonamides is 1. The van der Waals surface area contributed by atoms with Crippen LogP contribution in [0, 0.1) is 5.82 Å². The van der Waals surface area contributed by atoms with Crippen molar-refractivity contribution in [1.29, 1.82) is 0 Å². The smallest absolute Gasteiger partial charge is 0.339 e. The number of hydrogen-bond donors (Lipinski definition) is 2. The van der Waals surface area contributed by atoms with Gasteiger partial charge in [0.15, 0.2) is 6.10 Å². The van der Waals surface area contributed by atoms with Gasteiger partial charge in [-0.3, -0.25) is 4.79 Å². The van der Waals surface area contributed by atoms with E-state index in [4.69, 9.17) is 9.88 Å². The van der Waals surface area contributed by atoms with Crippen molar-refractivity contribution in [3.63, 3.8) is 0 Å². The quantitative estimate of drug-likeness (QED) is 0.728. The van der Waals surface area contributed by atoms with Gasteiger partial charge in [-0.1, -0.05) is 12.1 Å². The second-order valence-electron chi connectivity index (χ2n) is 5.09. The summed E-state index contributed by atoms with van der Waals surface area (Å²) in [5, 5.41) is 8.80. The van der Waals surface area contributed by atoms with Crippen LogP contribution in [0.5, 0.6) is 0 Å². The minimum atomic E-state index is -3.90. The number of hydrogen-bond acceptors (Lipinski definition) is 6. The fourth-order valence-corrected chi connectivity index (χ4v) is 3.36. The molecule has 2 rings (SSSR count). The Hall–Kier alpha value is -2.30. The van der Waals surface area contributed by atoms with E-state index in [0.717, 1.165) is 17.4 Å². The first-order chi connectivity index (χ1) is 11.7. The molecule has 1 heterocycles. The molecular formula is C15H15FN2O5S2. The zero-order chi connectivity index (χ0) is 18.6. The highest BCUT2D eigenvalue weighted by molar-refractivity contribution is 7.91. The van der Waals surface area contributed by atoms with Gasteiger partial charge in [-0.05, 0) is 30.7 Å². The Morgan fingerprint density at radius 3 is 2.52 bits per heavy atom. The number of carbonyl (C=O) groups excluding carboxylic acids is 2. The second-order valence-corrected chi connectivity index (χ2v) is 7.79. The van der Waals surface area contributed by atoms with E-state index in [0.29, 0.717) is 5.56 Å². The highest BCUT2D eigenvalue weighted by Crippen LogP contribution is 2.19. The van der Waals surface area contributed by atoms with Crippen LogP contribution < -0.4 is 10.5 Å². The first kappa shape index (κ1) is 19.0. The Morgan fingerprint density at radius 1 is 1.32 bits per heavy atom. The van der Waals surface area contributed by atoms with Gasteiger partial charge in [0.25, 0.3) is 5.91 Å². The van der Waals surface area contributed by atoms with Crippen LogP contribution in [0.3, 0.4) is 0 Å². The summed E-state index contributed by atoms with van der Waals surface area (Å²) in [7, 11) is -3.90. The van der Waals surface area contributed by atoms with Gasteiger partial charge >= 0.3 is 5.97 Å². The number of nitrogens with one attached hydrogen (secondary N) is 1. The molecule has 1 aromatic carbocycles. The molecule has 0 saturated carbocycles. The molecule has 1 aromatic heterocycles. The van der Waals surface area contributed by atoms with Crippen LogP contribution in [0.15, 0.2) is 39.9 Å². The van der Waals surface area contributed by atoms with Crippen LogP contribution in [0.1, 0.15) is 22.8 Å². The summed E-state index contributed by atoms with van der Waals surface area (Å²) < 4.78 is 40.0. The van der Waals surface area contributed by atoms with Gasteiger partial charge in [-0.25, -0.2) is 22.7 Å². The highest BCUT2D eigenvalue weighted by Gasteiger charge is 2.21. The SMILES string of the molecule is CC(OC(=O)c1csc(S(N)(=O)=O)c1)C(=O)NCc1ccc(F)cc1. The standard InChI is InChI=1S/C15H15FN2O5S2/c1-9(14(19)18-7-10-2-4-12(16)5-3-10)23-15(20)11-6-13(24-8-11)25(17,21)22/h2-6,8-9H,7H2,1H3,(H,18,19)(H2,17,21,22). The summed E-state index contributed by atoms with van der Waals surface area (Å²) in [6.45, 7) is 1.53. The van der Waals surface area contributed by atoms with Crippen LogP contribution in [-0.2, 0) is 26.1 Å². The summed E-state index contributed by atoms with van der Waals surface area (Å²) in [5.74, 6) is -1.76. The number of thiophene rings is 1. The normalized spacial score (nSPS) is 12.4. The van der Waals surface area contributed by atoms with E-state index < -0.39 is 28.0 Å². The van der Waals surface area contributed by atoms with E-state index in [1.165, 1.54) is 36.6 Å². The van der Waals surface area contributed by atoms with Gasteiger partial charge in [-0.15, -0.1) is 11.3 Å². The number of primary sulfonamides is 1. The number of halogens is 1. The van der Waals surface area contributed by atoms with Crippen molar-refractivity contribution in [2.45, 2.75) is 23.8 Å². The number of amides is 1. The minimum Gasteiger partial charge on any atom is -0.449 e. The molecule has 1 amide bonds. The summed E-state index contributed by atoms with van der Waals surface area (Å²) in [5.41, 5.74) is 0.677. The molecule has 1 atom stereocenters. The van der Waals surface area contributed by atoms with E-state index >= 15 is 0 Å². The van der Waals surface area contributed by atoms with E-state index in [1.54, 1.807) is 0 Å². The number of esters is 1. The molecule has 0 aliphatic carbocycles. The van der Waals surface area contributed by atoms with Crippen molar-refractivity contribution >= 4 is 33.2 Å². The third kappa shape index (κ3) is 5.34. The topological polar surface area (TPSA) is 116 Å². The van der Waals surface area contributed by atoms with Crippen LogP contribution in [0.4, 0.5) is 4.39 Å². The Bertz CT molecular complexity index is 878. The number of benzene rings is 1. The third-order valence-electron chi connectivity index (χ3n) is 3.12. The fourth-order valence-electron chi connectivity index (χ4n) is 1.79. The largest absolute Gasteiger partial charge is 0.449 e. The van der Waals surface area contributed by atoms with E-state index in [-0.39, 0.29) is 22.1 Å². The Kier molecular flexibility index (Phi) is 5.88. The van der Waals surface area contributed by atoms with E-state index in [1.807, 2.05) is 0 Å². The Morgan fingerprint density at radius 2 is 1.96 bits per heavy atom. The van der Waals surface area contributed by atoms with Gasteiger partial charge in [0.1, 0.15) is 10.0 Å². The molecule has 10 heteroatoms. The molecule has 25 heavy (non-hydrogen) atoms. The molecule has 0 aliphatic rings. The molecule has 7 nitrogen and oxygen atoms in total. The van der Waals surface area contributed by atoms with Crippen LogP contribution in [0.25, 0.3) is 0 Å². The number of nitrogens with two attached hydrogens (primary N) is 1. The highest BCUT2D eigenvalue weighted by atomic mass is 32.2. The predicted molar refractivity (Wildman–Crippen MR) is 88.8 cm³/mol. The maximum atomic E-state index is 12.8. The summed E-state index contributed by atoms with van der Waals surface area (Å²) in [4.78, 5) is 23.9. The molecular weight excluding hydrogens is 371 g/mol. The van der Waals surface area contributed by atoms with E-state index in [2.05, 4.69) is 5.32 Å². The zero-order valence-electron chi connectivity index (χ0n) is 13.1. The first-order valence-electron chi connectivity index (χ1n) is 7.01. The Balaban J connectivity index is 1.90. The van der Waals surface area contributed by atoms with Gasteiger partial charge in [0, 0.05) is 11.9 Å². The molecule has 0 aliphatic heterocycles. The van der Waals surface area contributed by atoms with E-state index in [9.17, 15) is 22.4 Å². The maximum absolute atomic E-state index is 12.8. The third-order valence-corrected chi connectivity index (χ3v) is 5.51. The van der Waals surface area contributed by atoms with Crippen molar-refractivity contribution in [2.75, 3.05) is 0 Å². The molecule has 0 bridgehead atoms. The predicted octanol–water partition coefficient (Wildman–Crippen LogP) is 1.40. The monoisotopic (exact) mass is 386 g/mol. The molecule has 0 spiro atoms. The van der Waals surface area contributed by atoms with Crippen molar-refractivity contribution in [3.8, 4) is 0 Å². The van der Waals surface area contributed by atoms with Gasteiger partial charge in [0.2, 0.25) is 10.0 Å². The van der Waals surface area contributed by atoms with Gasteiger partial charge < -0.3 is 10.1 Å². The van der Waals surface area contributed by atoms with Crippen molar-refractivity contribution < 1.29 is 27.1 Å². The maximum Gasteiger partial charge on any atom is 0.339 e. The average Bonchev–Trinajstić information content (AvgIpc) is 3.04. The summed E-state index contributed by atoms with van der Waals surface area (Å²) >= 11 is 0.784. The van der Waals surface area contributed by atoms with Crippen LogP contribution in [0.2, 0.25) is 0 Å².